The number of carbonyl (C=O) groups is 1. The molecule has 2 aromatic carbocycles. The predicted molar refractivity (Wildman–Crippen MR) is 97.1 cm³/mol. The summed E-state index contributed by atoms with van der Waals surface area (Å²) in [4.78, 5) is 12.4. The fourth-order valence-electron chi connectivity index (χ4n) is 2.86. The summed E-state index contributed by atoms with van der Waals surface area (Å²) in [5, 5.41) is 7.15. The monoisotopic (exact) mass is 371 g/mol. The second-order valence-corrected chi connectivity index (χ2v) is 6.12. The van der Waals surface area contributed by atoms with E-state index in [0.717, 1.165) is 23.0 Å². The van der Waals surface area contributed by atoms with Crippen LogP contribution in [0.3, 0.4) is 0 Å². The van der Waals surface area contributed by atoms with Crippen molar-refractivity contribution in [1.29, 1.82) is 0 Å². The average Bonchev–Trinajstić information content (AvgIpc) is 3.03. The van der Waals surface area contributed by atoms with Gasteiger partial charge in [0.05, 0.1) is 25.0 Å². The van der Waals surface area contributed by atoms with Crippen LogP contribution in [-0.4, -0.2) is 22.8 Å². The number of nitrogens with zero attached hydrogens (tertiary/aromatic N) is 2. The molecule has 1 heterocycles. The Kier molecular flexibility index (Phi) is 5.21. The molecule has 1 atom stereocenters. The van der Waals surface area contributed by atoms with E-state index in [2.05, 4.69) is 10.4 Å². The molecule has 5 nitrogen and oxygen atoms in total. The molecule has 1 unspecified atom stereocenters. The number of amides is 1. The first-order valence-electron chi connectivity index (χ1n) is 8.35. The largest absolute Gasteiger partial charge is 0.494 e. The van der Waals surface area contributed by atoms with E-state index in [9.17, 15) is 13.6 Å². The molecular formula is C20H19F2N3O2. The number of ether oxygens (including phenoxy) is 1. The van der Waals surface area contributed by atoms with Gasteiger partial charge >= 0.3 is 0 Å². The minimum absolute atomic E-state index is 0.0796. The Labute approximate surface area is 155 Å². The van der Waals surface area contributed by atoms with Gasteiger partial charge in [-0.15, -0.1) is 0 Å². The van der Waals surface area contributed by atoms with E-state index in [4.69, 9.17) is 4.74 Å². The fraction of sp³-hybridized carbons (Fsp3) is 0.200. The lowest BCUT2D eigenvalue weighted by molar-refractivity contribution is 0.0939. The molecule has 1 N–H and O–H groups in total. The lowest BCUT2D eigenvalue weighted by Crippen LogP contribution is -2.27. The summed E-state index contributed by atoms with van der Waals surface area (Å²) in [6.45, 7) is 3.68. The molecule has 140 valence electrons. The van der Waals surface area contributed by atoms with Gasteiger partial charge in [0.15, 0.2) is 11.6 Å². The van der Waals surface area contributed by atoms with Gasteiger partial charge in [0, 0.05) is 16.8 Å². The molecule has 27 heavy (non-hydrogen) atoms. The van der Waals surface area contributed by atoms with Crippen molar-refractivity contribution in [2.45, 2.75) is 19.9 Å². The Bertz CT molecular complexity index is 968. The van der Waals surface area contributed by atoms with E-state index in [0.29, 0.717) is 0 Å². The summed E-state index contributed by atoms with van der Waals surface area (Å²) in [6.07, 6.45) is 1.65. The molecular weight excluding hydrogens is 352 g/mol. The first-order valence-corrected chi connectivity index (χ1v) is 8.35. The molecule has 7 heteroatoms. The molecule has 3 rings (SSSR count). The minimum atomic E-state index is -0.599. The Morgan fingerprint density at radius 3 is 2.52 bits per heavy atom. The smallest absolute Gasteiger partial charge is 0.251 e. The van der Waals surface area contributed by atoms with Crippen LogP contribution in [0.15, 0.2) is 48.7 Å². The summed E-state index contributed by atoms with van der Waals surface area (Å²) in [7, 11) is 1.36. The molecule has 0 saturated heterocycles. The minimum Gasteiger partial charge on any atom is -0.494 e. The van der Waals surface area contributed by atoms with Crippen molar-refractivity contribution in [2.75, 3.05) is 7.11 Å². The number of nitrogens with one attached hydrogen (secondary N) is 1. The summed E-state index contributed by atoms with van der Waals surface area (Å²) < 4.78 is 33.4. The van der Waals surface area contributed by atoms with Crippen molar-refractivity contribution < 1.29 is 18.3 Å². The highest BCUT2D eigenvalue weighted by Crippen LogP contribution is 2.22. The van der Waals surface area contributed by atoms with E-state index in [1.165, 1.54) is 31.4 Å². The number of hydrogen-bond acceptors (Lipinski definition) is 3. The quantitative estimate of drug-likeness (QED) is 0.739. The van der Waals surface area contributed by atoms with E-state index in [1.807, 2.05) is 13.8 Å². The van der Waals surface area contributed by atoms with Gasteiger partial charge < -0.3 is 10.1 Å². The van der Waals surface area contributed by atoms with Gasteiger partial charge in [-0.2, -0.15) is 5.10 Å². The Hall–Kier alpha value is -3.22. The number of methoxy groups -OCH3 is 1. The molecule has 0 aliphatic heterocycles. The van der Waals surface area contributed by atoms with Crippen molar-refractivity contribution in [1.82, 2.24) is 15.1 Å². The maximum Gasteiger partial charge on any atom is 0.251 e. The van der Waals surface area contributed by atoms with Crippen LogP contribution < -0.4 is 10.1 Å². The third kappa shape index (κ3) is 3.81. The van der Waals surface area contributed by atoms with Crippen molar-refractivity contribution >= 4 is 5.91 Å². The molecule has 3 aromatic rings. The summed E-state index contributed by atoms with van der Waals surface area (Å²) in [5.74, 6) is -1.25. The van der Waals surface area contributed by atoms with Gasteiger partial charge in [-0.05, 0) is 56.3 Å². The van der Waals surface area contributed by atoms with Gasteiger partial charge in [-0.25, -0.2) is 13.5 Å². The van der Waals surface area contributed by atoms with Crippen LogP contribution in [0.1, 0.15) is 34.6 Å². The first-order chi connectivity index (χ1) is 12.9. The topological polar surface area (TPSA) is 56.1 Å². The highest BCUT2D eigenvalue weighted by Gasteiger charge is 2.18. The van der Waals surface area contributed by atoms with Crippen LogP contribution in [0.25, 0.3) is 5.69 Å². The number of aromatic nitrogens is 2. The van der Waals surface area contributed by atoms with E-state index in [1.54, 1.807) is 23.0 Å². The van der Waals surface area contributed by atoms with Crippen LogP contribution >= 0.6 is 0 Å². The van der Waals surface area contributed by atoms with Crippen LogP contribution in [0.2, 0.25) is 0 Å². The Morgan fingerprint density at radius 2 is 1.89 bits per heavy atom. The van der Waals surface area contributed by atoms with Gasteiger partial charge in [0.25, 0.3) is 5.91 Å². The first kappa shape index (κ1) is 18.6. The van der Waals surface area contributed by atoms with Crippen molar-refractivity contribution in [3.8, 4) is 11.4 Å². The van der Waals surface area contributed by atoms with Gasteiger partial charge in [-0.3, -0.25) is 4.79 Å². The summed E-state index contributed by atoms with van der Waals surface area (Å²) in [6, 6.07) is 9.67. The zero-order chi connectivity index (χ0) is 19.6. The number of benzene rings is 2. The highest BCUT2D eigenvalue weighted by molar-refractivity contribution is 5.94. The second-order valence-electron chi connectivity index (χ2n) is 6.12. The maximum atomic E-state index is 13.8. The average molecular weight is 371 g/mol. The Balaban J connectivity index is 1.78. The molecule has 1 amide bonds. The highest BCUT2D eigenvalue weighted by atomic mass is 19.1. The van der Waals surface area contributed by atoms with Gasteiger partial charge in [0.1, 0.15) is 5.82 Å². The molecule has 0 aliphatic rings. The van der Waals surface area contributed by atoms with Crippen LogP contribution in [0.5, 0.6) is 5.75 Å². The third-order valence-corrected chi connectivity index (χ3v) is 4.35. The molecule has 0 saturated carbocycles. The van der Waals surface area contributed by atoms with Crippen molar-refractivity contribution in [3.05, 3.63) is 77.1 Å². The molecule has 1 aromatic heterocycles. The molecule has 0 fully saturated rings. The van der Waals surface area contributed by atoms with E-state index in [-0.39, 0.29) is 23.2 Å². The standard InChI is InChI=1S/C20H19F2N3O2/c1-12(24-20(26)14-4-9-19(27-3)18(22)10-14)17-11-23-25(13(17)2)16-7-5-15(21)6-8-16/h4-12H,1-3H3,(H,24,26). The second kappa shape index (κ2) is 7.57. The molecule has 0 bridgehead atoms. The van der Waals surface area contributed by atoms with Crippen LogP contribution in [0.4, 0.5) is 8.78 Å². The number of rotatable bonds is 5. The lowest BCUT2D eigenvalue weighted by Gasteiger charge is -2.14. The summed E-state index contributed by atoms with van der Waals surface area (Å²) in [5.41, 5.74) is 2.54. The number of carbonyl (C=O) groups excluding carboxylic acids is 1. The fourth-order valence-corrected chi connectivity index (χ4v) is 2.86. The van der Waals surface area contributed by atoms with E-state index >= 15 is 0 Å². The predicted octanol–water partition coefficient (Wildman–Crippen LogP) is 3.96. The van der Waals surface area contributed by atoms with Crippen LogP contribution in [-0.2, 0) is 0 Å². The summed E-state index contributed by atoms with van der Waals surface area (Å²) >= 11 is 0. The normalized spacial score (nSPS) is 11.9. The third-order valence-electron chi connectivity index (χ3n) is 4.35. The molecule has 0 radical (unpaired) electrons. The number of hydrogen-bond donors (Lipinski definition) is 1. The maximum absolute atomic E-state index is 13.8. The van der Waals surface area contributed by atoms with Gasteiger partial charge in [0.2, 0.25) is 0 Å². The molecule has 0 spiro atoms. The van der Waals surface area contributed by atoms with E-state index < -0.39 is 11.7 Å². The number of halogens is 2. The van der Waals surface area contributed by atoms with Gasteiger partial charge in [-0.1, -0.05) is 0 Å². The Morgan fingerprint density at radius 1 is 1.19 bits per heavy atom. The molecule has 0 aliphatic carbocycles. The zero-order valence-electron chi connectivity index (χ0n) is 15.2. The zero-order valence-corrected chi connectivity index (χ0v) is 15.2. The lowest BCUT2D eigenvalue weighted by atomic mass is 10.1. The van der Waals surface area contributed by atoms with Crippen molar-refractivity contribution in [2.24, 2.45) is 0 Å². The van der Waals surface area contributed by atoms with Crippen LogP contribution in [0, 0.1) is 18.6 Å². The van der Waals surface area contributed by atoms with Crippen molar-refractivity contribution in [3.63, 3.8) is 0 Å². The SMILES string of the molecule is COc1ccc(C(=O)NC(C)c2cnn(-c3ccc(F)cc3)c2C)cc1F.